The van der Waals surface area contributed by atoms with Crippen molar-refractivity contribution in [2.75, 3.05) is 39.0 Å². The molecule has 148 valence electrons. The van der Waals surface area contributed by atoms with Crippen LogP contribution in [-0.4, -0.2) is 52.5 Å². The summed E-state index contributed by atoms with van der Waals surface area (Å²) in [5, 5.41) is 0.914. The van der Waals surface area contributed by atoms with Gasteiger partial charge in [0.05, 0.1) is 20.6 Å². The second kappa shape index (κ2) is 9.45. The topological polar surface area (TPSA) is 52.6 Å². The van der Waals surface area contributed by atoms with Gasteiger partial charge in [-0.05, 0) is 57.0 Å². The van der Waals surface area contributed by atoms with Crippen LogP contribution in [0.15, 0.2) is 41.3 Å². The van der Waals surface area contributed by atoms with Gasteiger partial charge in [-0.2, -0.15) is 0 Å². The smallest absolute Gasteiger partial charge is 0.261 e. The van der Waals surface area contributed by atoms with E-state index in [0.29, 0.717) is 22.3 Å². The zero-order valence-electron chi connectivity index (χ0n) is 15.3. The first-order valence-corrected chi connectivity index (χ1v) is 10.8. The Kier molecular flexibility index (Phi) is 7.80. The van der Waals surface area contributed by atoms with Gasteiger partial charge in [-0.3, -0.25) is 4.72 Å². The van der Waals surface area contributed by atoms with Crippen molar-refractivity contribution in [3.63, 3.8) is 0 Å². The van der Waals surface area contributed by atoms with Gasteiger partial charge in [0, 0.05) is 24.7 Å². The number of nitrogens with one attached hydrogen (secondary N) is 1. The van der Waals surface area contributed by atoms with Crippen LogP contribution >= 0.6 is 34.8 Å². The lowest BCUT2D eigenvalue weighted by Crippen LogP contribution is -2.28. The molecule has 2 rings (SSSR count). The van der Waals surface area contributed by atoms with Crippen LogP contribution in [0.3, 0.4) is 0 Å². The Morgan fingerprint density at radius 3 is 2.26 bits per heavy atom. The molecule has 0 aromatic heterocycles. The summed E-state index contributed by atoms with van der Waals surface area (Å²) in [6.07, 6.45) is 0. The fourth-order valence-corrected chi connectivity index (χ4v) is 4.02. The van der Waals surface area contributed by atoms with E-state index in [1.165, 1.54) is 18.2 Å². The van der Waals surface area contributed by atoms with Crippen molar-refractivity contribution in [2.24, 2.45) is 0 Å². The summed E-state index contributed by atoms with van der Waals surface area (Å²) in [6.45, 7) is 2.31. The third-order valence-electron chi connectivity index (χ3n) is 3.89. The molecule has 0 heterocycles. The minimum atomic E-state index is -3.83. The molecule has 0 saturated carbocycles. The highest BCUT2D eigenvalue weighted by molar-refractivity contribution is 7.92. The predicted molar refractivity (Wildman–Crippen MR) is 114 cm³/mol. The lowest BCUT2D eigenvalue weighted by Gasteiger charge is -2.21. The zero-order chi connectivity index (χ0) is 20.2. The summed E-state index contributed by atoms with van der Waals surface area (Å²) < 4.78 is 28.1. The Morgan fingerprint density at radius 2 is 1.63 bits per heavy atom. The monoisotopic (exact) mass is 449 g/mol. The van der Waals surface area contributed by atoms with E-state index >= 15 is 0 Å². The number of likely N-dealkylation sites (N-methyl/N-ethyl adjacent to an activating group) is 2. The largest absolute Gasteiger partial charge is 0.308 e. The van der Waals surface area contributed by atoms with Crippen molar-refractivity contribution >= 4 is 50.5 Å². The van der Waals surface area contributed by atoms with Gasteiger partial charge in [0.15, 0.2) is 0 Å². The Morgan fingerprint density at radius 1 is 0.926 bits per heavy atom. The normalized spacial score (nSPS) is 12.0. The Bertz CT molecular complexity index is 905. The van der Waals surface area contributed by atoms with Gasteiger partial charge in [-0.15, -0.1) is 0 Å². The third kappa shape index (κ3) is 6.52. The van der Waals surface area contributed by atoms with Crippen molar-refractivity contribution in [1.29, 1.82) is 0 Å². The Hall–Kier alpha value is -1.02. The van der Waals surface area contributed by atoms with Gasteiger partial charge in [0.25, 0.3) is 10.0 Å². The van der Waals surface area contributed by atoms with Crippen molar-refractivity contribution in [1.82, 2.24) is 9.80 Å². The van der Waals surface area contributed by atoms with Crippen molar-refractivity contribution < 1.29 is 8.42 Å². The quantitative estimate of drug-likeness (QED) is 0.646. The van der Waals surface area contributed by atoms with Gasteiger partial charge in [0.2, 0.25) is 0 Å². The minimum absolute atomic E-state index is 0.0313. The minimum Gasteiger partial charge on any atom is -0.308 e. The van der Waals surface area contributed by atoms with Crippen LogP contribution in [0.2, 0.25) is 15.1 Å². The van der Waals surface area contributed by atoms with Crippen LogP contribution in [0, 0.1) is 0 Å². The van der Waals surface area contributed by atoms with Gasteiger partial charge in [-0.25, -0.2) is 8.42 Å². The van der Waals surface area contributed by atoms with E-state index in [-0.39, 0.29) is 9.92 Å². The molecule has 1 N–H and O–H groups in total. The summed E-state index contributed by atoms with van der Waals surface area (Å²) in [7, 11) is 2.16. The highest BCUT2D eigenvalue weighted by Crippen LogP contribution is 2.28. The Labute approximate surface area is 175 Å². The first-order valence-electron chi connectivity index (χ1n) is 8.18. The lowest BCUT2D eigenvalue weighted by molar-refractivity contribution is 0.276. The van der Waals surface area contributed by atoms with Gasteiger partial charge < -0.3 is 9.80 Å². The highest BCUT2D eigenvalue weighted by Gasteiger charge is 2.18. The van der Waals surface area contributed by atoms with Crippen molar-refractivity contribution in [3.05, 3.63) is 57.0 Å². The SMILES string of the molecule is CN(C)CCN(C)Cc1ccc(Cl)cc1NS(=O)(=O)c1ccc(Cl)c(Cl)c1. The molecule has 0 radical (unpaired) electrons. The number of sulfonamides is 1. The van der Waals surface area contributed by atoms with E-state index in [0.717, 1.165) is 18.7 Å². The molecule has 9 heteroatoms. The van der Waals surface area contributed by atoms with E-state index in [1.54, 1.807) is 12.1 Å². The zero-order valence-corrected chi connectivity index (χ0v) is 18.4. The summed E-state index contributed by atoms with van der Waals surface area (Å²) in [5.41, 5.74) is 1.26. The molecule has 0 aliphatic heterocycles. The average molecular weight is 451 g/mol. The molecule has 0 amide bonds. The molecule has 0 saturated heterocycles. The van der Waals surface area contributed by atoms with E-state index < -0.39 is 10.0 Å². The molecule has 0 aliphatic rings. The average Bonchev–Trinajstić information content (AvgIpc) is 2.57. The number of halogens is 3. The number of benzene rings is 2. The van der Waals surface area contributed by atoms with Crippen molar-refractivity contribution in [2.45, 2.75) is 11.4 Å². The molecule has 0 aliphatic carbocycles. The molecular weight excluding hydrogens is 429 g/mol. The van der Waals surface area contributed by atoms with E-state index in [2.05, 4.69) is 14.5 Å². The number of hydrogen-bond donors (Lipinski definition) is 1. The second-order valence-corrected chi connectivity index (χ2v) is 9.46. The molecule has 0 fully saturated rings. The number of hydrogen-bond acceptors (Lipinski definition) is 4. The molecular formula is C18H22Cl3N3O2S. The summed E-state index contributed by atoms with van der Waals surface area (Å²) in [5.74, 6) is 0. The van der Waals surface area contributed by atoms with Crippen LogP contribution in [0.4, 0.5) is 5.69 Å². The maximum absolute atomic E-state index is 12.8. The molecule has 5 nitrogen and oxygen atoms in total. The maximum atomic E-state index is 12.8. The highest BCUT2D eigenvalue weighted by atomic mass is 35.5. The van der Waals surface area contributed by atoms with Crippen LogP contribution in [0.1, 0.15) is 5.56 Å². The van der Waals surface area contributed by atoms with E-state index in [9.17, 15) is 8.42 Å². The van der Waals surface area contributed by atoms with Crippen LogP contribution in [0.25, 0.3) is 0 Å². The molecule has 0 atom stereocenters. The van der Waals surface area contributed by atoms with E-state index in [1.807, 2.05) is 27.2 Å². The third-order valence-corrected chi connectivity index (χ3v) is 6.22. The van der Waals surface area contributed by atoms with Crippen molar-refractivity contribution in [3.8, 4) is 0 Å². The lowest BCUT2D eigenvalue weighted by atomic mass is 10.1. The molecule has 0 unspecified atom stereocenters. The van der Waals surface area contributed by atoms with E-state index in [4.69, 9.17) is 34.8 Å². The fourth-order valence-electron chi connectivity index (χ4n) is 2.37. The summed E-state index contributed by atoms with van der Waals surface area (Å²) in [6, 6.07) is 9.34. The van der Waals surface area contributed by atoms with Gasteiger partial charge in [0.1, 0.15) is 0 Å². The molecule has 2 aromatic rings. The second-order valence-electron chi connectivity index (χ2n) is 6.52. The first kappa shape index (κ1) is 22.3. The number of rotatable bonds is 8. The Balaban J connectivity index is 2.26. The molecule has 0 spiro atoms. The first-order chi connectivity index (χ1) is 12.6. The standard InChI is InChI=1S/C18H22Cl3N3O2S/c1-23(2)8-9-24(3)12-13-4-5-14(19)10-18(13)22-27(25,26)15-6-7-16(20)17(21)11-15/h4-7,10-11,22H,8-9,12H2,1-3H3. The van der Waals surface area contributed by atoms with Crippen LogP contribution in [-0.2, 0) is 16.6 Å². The van der Waals surface area contributed by atoms with Gasteiger partial charge >= 0.3 is 0 Å². The molecule has 27 heavy (non-hydrogen) atoms. The summed E-state index contributed by atoms with van der Waals surface area (Å²) >= 11 is 17.9. The summed E-state index contributed by atoms with van der Waals surface area (Å²) in [4.78, 5) is 4.23. The molecule has 2 aromatic carbocycles. The van der Waals surface area contributed by atoms with Gasteiger partial charge in [-0.1, -0.05) is 40.9 Å². The fraction of sp³-hybridized carbons (Fsp3) is 0.333. The molecule has 0 bridgehead atoms. The van der Waals surface area contributed by atoms with Crippen LogP contribution < -0.4 is 4.72 Å². The maximum Gasteiger partial charge on any atom is 0.261 e. The van der Waals surface area contributed by atoms with Crippen LogP contribution in [0.5, 0.6) is 0 Å². The predicted octanol–water partition coefficient (Wildman–Crippen LogP) is 4.44. The number of nitrogens with zero attached hydrogens (tertiary/aromatic N) is 2. The number of anilines is 1.